The number of amides is 1. The molecule has 1 heterocycles. The normalized spacial score (nSPS) is 11.1. The third-order valence-corrected chi connectivity index (χ3v) is 2.52. The van der Waals surface area contributed by atoms with Gasteiger partial charge in [-0.25, -0.2) is 0 Å². The number of aromatic nitrogens is 1. The molecule has 0 aliphatic rings. The second-order valence-electron chi connectivity index (χ2n) is 5.60. The van der Waals surface area contributed by atoms with Crippen LogP contribution in [0, 0.1) is 5.41 Å². The Morgan fingerprint density at radius 1 is 1.44 bits per heavy atom. The van der Waals surface area contributed by atoms with Crippen LogP contribution in [0.2, 0.25) is 0 Å². The van der Waals surface area contributed by atoms with Crippen molar-refractivity contribution in [2.75, 3.05) is 13.1 Å². The summed E-state index contributed by atoms with van der Waals surface area (Å²) in [7, 11) is 0. The summed E-state index contributed by atoms with van der Waals surface area (Å²) in [5, 5.41) is 0. The van der Waals surface area contributed by atoms with Crippen molar-refractivity contribution < 1.29 is 4.79 Å². The molecule has 1 aromatic heterocycles. The molecule has 1 aromatic rings. The van der Waals surface area contributed by atoms with E-state index in [0.717, 1.165) is 18.7 Å². The predicted molar refractivity (Wildman–Crippen MR) is 74.2 cm³/mol. The topological polar surface area (TPSA) is 33.2 Å². The van der Waals surface area contributed by atoms with Crippen molar-refractivity contribution >= 4 is 5.91 Å². The quantitative estimate of drug-likeness (QED) is 0.748. The summed E-state index contributed by atoms with van der Waals surface area (Å²) in [6.45, 7) is 11.3. The van der Waals surface area contributed by atoms with Crippen LogP contribution in [0.25, 0.3) is 0 Å². The lowest BCUT2D eigenvalue weighted by Crippen LogP contribution is -2.38. The van der Waals surface area contributed by atoms with Gasteiger partial charge in [-0.2, -0.15) is 0 Å². The molecular formula is C15H22N2O. The van der Waals surface area contributed by atoms with Crippen molar-refractivity contribution in [2.45, 2.75) is 27.2 Å². The molecule has 0 aliphatic heterocycles. The molecule has 3 heteroatoms. The molecule has 0 saturated carbocycles. The fraction of sp³-hybridized carbons (Fsp3) is 0.467. The molecule has 18 heavy (non-hydrogen) atoms. The first-order valence-corrected chi connectivity index (χ1v) is 6.23. The van der Waals surface area contributed by atoms with Crippen molar-refractivity contribution in [3.8, 4) is 0 Å². The van der Waals surface area contributed by atoms with Gasteiger partial charge in [0, 0.05) is 31.4 Å². The van der Waals surface area contributed by atoms with Gasteiger partial charge in [0.15, 0.2) is 0 Å². The lowest BCUT2D eigenvalue weighted by Gasteiger charge is -2.29. The van der Waals surface area contributed by atoms with Crippen LogP contribution in [0.1, 0.15) is 26.5 Å². The van der Waals surface area contributed by atoms with Crippen molar-refractivity contribution in [3.63, 3.8) is 0 Å². The Hall–Kier alpha value is -1.64. The smallest absolute Gasteiger partial charge is 0.245 e. The predicted octanol–water partition coefficient (Wildman–Crippen LogP) is 2.68. The number of hydrogen-bond donors (Lipinski definition) is 0. The Balaban J connectivity index is 2.62. The third kappa shape index (κ3) is 5.13. The van der Waals surface area contributed by atoms with E-state index in [1.54, 1.807) is 6.20 Å². The van der Waals surface area contributed by atoms with E-state index in [1.165, 1.54) is 6.08 Å². The molecule has 1 amide bonds. The zero-order chi connectivity index (χ0) is 13.6. The molecule has 0 saturated heterocycles. The van der Waals surface area contributed by atoms with E-state index in [9.17, 15) is 4.79 Å². The summed E-state index contributed by atoms with van der Waals surface area (Å²) in [5.74, 6) is -0.0131. The zero-order valence-corrected chi connectivity index (χ0v) is 11.5. The summed E-state index contributed by atoms with van der Waals surface area (Å²) in [6, 6.07) is 5.84. The van der Waals surface area contributed by atoms with E-state index >= 15 is 0 Å². The lowest BCUT2D eigenvalue weighted by molar-refractivity contribution is -0.127. The van der Waals surface area contributed by atoms with Crippen molar-refractivity contribution in [3.05, 3.63) is 42.7 Å². The molecule has 0 unspecified atom stereocenters. The van der Waals surface area contributed by atoms with Gasteiger partial charge >= 0.3 is 0 Å². The van der Waals surface area contributed by atoms with E-state index < -0.39 is 0 Å². The molecule has 0 spiro atoms. The average molecular weight is 246 g/mol. The summed E-state index contributed by atoms with van der Waals surface area (Å²) in [6.07, 6.45) is 3.93. The maximum Gasteiger partial charge on any atom is 0.245 e. The second kappa shape index (κ2) is 6.34. The molecule has 0 radical (unpaired) electrons. The van der Waals surface area contributed by atoms with E-state index in [2.05, 4.69) is 32.3 Å². The molecular weight excluding hydrogens is 224 g/mol. The molecule has 0 aromatic carbocycles. The highest BCUT2D eigenvalue weighted by atomic mass is 16.2. The van der Waals surface area contributed by atoms with Gasteiger partial charge in [-0.3, -0.25) is 9.78 Å². The zero-order valence-electron chi connectivity index (χ0n) is 11.5. The molecule has 0 fully saturated rings. The highest BCUT2D eigenvalue weighted by Crippen LogP contribution is 2.15. The highest BCUT2D eigenvalue weighted by molar-refractivity contribution is 5.87. The molecule has 0 bridgehead atoms. The first-order chi connectivity index (χ1) is 8.42. The second-order valence-corrected chi connectivity index (χ2v) is 5.60. The Bertz CT molecular complexity index is 393. The highest BCUT2D eigenvalue weighted by Gasteiger charge is 2.19. The van der Waals surface area contributed by atoms with Crippen LogP contribution in [0.15, 0.2) is 37.1 Å². The van der Waals surface area contributed by atoms with Gasteiger partial charge in [-0.05, 0) is 23.6 Å². The SMILES string of the molecule is C=CC(=O)N(CCc1ccccn1)CC(C)(C)C. The minimum atomic E-state index is -0.0131. The van der Waals surface area contributed by atoms with Crippen LogP contribution < -0.4 is 0 Å². The first-order valence-electron chi connectivity index (χ1n) is 6.23. The van der Waals surface area contributed by atoms with Gasteiger partial charge in [0.1, 0.15) is 0 Å². The molecule has 1 rings (SSSR count). The summed E-state index contributed by atoms with van der Waals surface area (Å²) < 4.78 is 0. The van der Waals surface area contributed by atoms with Crippen molar-refractivity contribution in [1.29, 1.82) is 0 Å². The van der Waals surface area contributed by atoms with E-state index in [4.69, 9.17) is 0 Å². The molecule has 3 nitrogen and oxygen atoms in total. The van der Waals surface area contributed by atoms with Crippen LogP contribution in [0.4, 0.5) is 0 Å². The fourth-order valence-corrected chi connectivity index (χ4v) is 1.76. The van der Waals surface area contributed by atoms with Crippen LogP contribution in [-0.2, 0) is 11.2 Å². The summed E-state index contributed by atoms with van der Waals surface area (Å²) >= 11 is 0. The molecule has 0 aliphatic carbocycles. The third-order valence-electron chi connectivity index (χ3n) is 2.52. The number of nitrogens with zero attached hydrogens (tertiary/aromatic N) is 2. The van der Waals surface area contributed by atoms with Crippen LogP contribution >= 0.6 is 0 Å². The summed E-state index contributed by atoms with van der Waals surface area (Å²) in [5.41, 5.74) is 1.09. The number of rotatable bonds is 5. The minimum absolute atomic E-state index is 0.0131. The Labute approximate surface area is 110 Å². The maximum atomic E-state index is 11.8. The van der Waals surface area contributed by atoms with Gasteiger partial charge in [-0.15, -0.1) is 0 Å². The largest absolute Gasteiger partial charge is 0.338 e. The van der Waals surface area contributed by atoms with Gasteiger partial charge < -0.3 is 4.90 Å². The van der Waals surface area contributed by atoms with Crippen molar-refractivity contribution in [2.24, 2.45) is 5.41 Å². The number of hydrogen-bond acceptors (Lipinski definition) is 2. The Morgan fingerprint density at radius 2 is 2.17 bits per heavy atom. The maximum absolute atomic E-state index is 11.8. The van der Waals surface area contributed by atoms with Crippen LogP contribution in [0.3, 0.4) is 0 Å². The number of carbonyl (C=O) groups is 1. The Kier molecular flexibility index (Phi) is 5.08. The standard InChI is InChI=1S/C15H22N2O/c1-5-14(18)17(12-15(2,3)4)11-9-13-8-6-7-10-16-13/h5-8,10H,1,9,11-12H2,2-4H3. The van der Waals surface area contributed by atoms with E-state index in [1.807, 2.05) is 23.1 Å². The first kappa shape index (κ1) is 14.4. The van der Waals surface area contributed by atoms with E-state index in [-0.39, 0.29) is 11.3 Å². The monoisotopic (exact) mass is 246 g/mol. The van der Waals surface area contributed by atoms with Gasteiger partial charge in [-0.1, -0.05) is 33.4 Å². The average Bonchev–Trinajstić information content (AvgIpc) is 2.33. The van der Waals surface area contributed by atoms with Crippen LogP contribution in [-0.4, -0.2) is 28.9 Å². The van der Waals surface area contributed by atoms with Crippen molar-refractivity contribution in [1.82, 2.24) is 9.88 Å². The van der Waals surface area contributed by atoms with Gasteiger partial charge in [0.05, 0.1) is 0 Å². The minimum Gasteiger partial charge on any atom is -0.338 e. The Morgan fingerprint density at radius 3 is 2.67 bits per heavy atom. The lowest BCUT2D eigenvalue weighted by atomic mass is 9.96. The van der Waals surface area contributed by atoms with Gasteiger partial charge in [0.25, 0.3) is 0 Å². The molecule has 0 atom stereocenters. The number of carbonyl (C=O) groups excluding carboxylic acids is 1. The van der Waals surface area contributed by atoms with E-state index in [0.29, 0.717) is 6.54 Å². The fourth-order valence-electron chi connectivity index (χ4n) is 1.76. The van der Waals surface area contributed by atoms with Crippen LogP contribution in [0.5, 0.6) is 0 Å². The van der Waals surface area contributed by atoms with Gasteiger partial charge in [0.2, 0.25) is 5.91 Å². The summed E-state index contributed by atoms with van der Waals surface area (Å²) in [4.78, 5) is 17.9. The molecule has 0 N–H and O–H groups in total. The molecule has 98 valence electrons. The number of pyridine rings is 1.